The van der Waals surface area contributed by atoms with E-state index in [0.29, 0.717) is 16.5 Å². The van der Waals surface area contributed by atoms with Gasteiger partial charge in [0, 0.05) is 16.1 Å². The van der Waals surface area contributed by atoms with E-state index in [-0.39, 0.29) is 5.41 Å². The molecular weight excluding hydrogens is 376 g/mol. The van der Waals surface area contributed by atoms with Crippen molar-refractivity contribution in [3.05, 3.63) is 34.3 Å². The molecule has 0 radical (unpaired) electrons. The van der Waals surface area contributed by atoms with E-state index < -0.39 is 11.2 Å². The molecule has 0 fully saturated rings. The van der Waals surface area contributed by atoms with E-state index in [9.17, 15) is 15.2 Å². The average molecular weight is 401 g/mol. The van der Waals surface area contributed by atoms with Crippen molar-refractivity contribution in [2.45, 2.75) is 57.2 Å². The first-order valence-corrected chi connectivity index (χ1v) is 10.9. The zero-order valence-electron chi connectivity index (χ0n) is 16.1. The Morgan fingerprint density at radius 1 is 1.48 bits per heavy atom. The summed E-state index contributed by atoms with van der Waals surface area (Å²) >= 11 is 2.78. The van der Waals surface area contributed by atoms with E-state index in [2.05, 4.69) is 26.8 Å². The molecular formula is C21H24N2O2S2. The number of thiophene rings is 1. The number of rotatable bonds is 4. The second-order valence-electron chi connectivity index (χ2n) is 8.09. The van der Waals surface area contributed by atoms with Crippen LogP contribution in [0, 0.1) is 22.7 Å². The highest BCUT2D eigenvalue weighted by molar-refractivity contribution is 8.00. The molecule has 4 nitrogen and oxygen atoms in total. The highest BCUT2D eigenvalue weighted by Gasteiger charge is 2.33. The van der Waals surface area contributed by atoms with Gasteiger partial charge in [0.2, 0.25) is 0 Å². The van der Waals surface area contributed by atoms with Gasteiger partial charge < -0.3 is 5.11 Å². The van der Waals surface area contributed by atoms with Crippen molar-refractivity contribution in [1.29, 1.82) is 5.26 Å². The van der Waals surface area contributed by atoms with Gasteiger partial charge in [0.25, 0.3) is 0 Å². The van der Waals surface area contributed by atoms with Gasteiger partial charge in [0.1, 0.15) is 16.3 Å². The van der Waals surface area contributed by atoms with Gasteiger partial charge in [-0.25, -0.2) is 4.98 Å². The molecule has 2 aromatic heterocycles. The summed E-state index contributed by atoms with van der Waals surface area (Å²) in [6.07, 6.45) is 2.85. The lowest BCUT2D eigenvalue weighted by atomic mass is 9.70. The Labute approximate surface area is 168 Å². The third kappa shape index (κ3) is 4.04. The Balaban J connectivity index is 2.18. The third-order valence-electron chi connectivity index (χ3n) is 5.27. The number of nitrogens with zero attached hydrogens (tertiary/aromatic N) is 2. The van der Waals surface area contributed by atoms with Gasteiger partial charge in [-0.2, -0.15) is 5.26 Å². The molecule has 2 unspecified atom stereocenters. The van der Waals surface area contributed by atoms with Crippen molar-refractivity contribution in [2.24, 2.45) is 11.3 Å². The Morgan fingerprint density at radius 2 is 2.22 bits per heavy atom. The number of thioether (sulfide) groups is 1. The van der Waals surface area contributed by atoms with Gasteiger partial charge in [-0.1, -0.05) is 38.6 Å². The van der Waals surface area contributed by atoms with Crippen molar-refractivity contribution in [3.8, 4) is 16.5 Å². The number of pyridine rings is 1. The minimum absolute atomic E-state index is 0.197. The second-order valence-corrected chi connectivity index (χ2v) is 10.4. The topological polar surface area (TPSA) is 74.0 Å². The maximum atomic E-state index is 11.3. The monoisotopic (exact) mass is 400 g/mol. The minimum Gasteiger partial charge on any atom is -0.480 e. The van der Waals surface area contributed by atoms with Gasteiger partial charge in [-0.05, 0) is 54.5 Å². The number of hydrogen-bond donors (Lipinski definition) is 1. The first-order valence-electron chi connectivity index (χ1n) is 9.11. The minimum atomic E-state index is -0.895. The van der Waals surface area contributed by atoms with Crippen LogP contribution in [0.4, 0.5) is 0 Å². The van der Waals surface area contributed by atoms with Crippen LogP contribution in [0.3, 0.4) is 0 Å². The van der Waals surface area contributed by atoms with Crippen LogP contribution in [-0.2, 0) is 17.6 Å². The predicted octanol–water partition coefficient (Wildman–Crippen LogP) is 5.40. The molecule has 0 saturated carbocycles. The van der Waals surface area contributed by atoms with E-state index in [0.717, 1.165) is 47.2 Å². The van der Waals surface area contributed by atoms with Crippen LogP contribution in [0.25, 0.3) is 10.4 Å². The zero-order chi connectivity index (χ0) is 19.8. The number of aliphatic carboxylic acids is 1. The summed E-state index contributed by atoms with van der Waals surface area (Å²) in [5, 5.41) is 21.1. The van der Waals surface area contributed by atoms with Crippen molar-refractivity contribution in [3.63, 3.8) is 0 Å². The molecule has 27 heavy (non-hydrogen) atoms. The van der Waals surface area contributed by atoms with Crippen LogP contribution in [0.1, 0.15) is 50.9 Å². The van der Waals surface area contributed by atoms with Gasteiger partial charge in [-0.3, -0.25) is 4.79 Å². The molecule has 3 rings (SSSR count). The number of fused-ring (bicyclic) bond motifs is 1. The number of carbonyl (C=O) groups is 1. The second kappa shape index (κ2) is 7.65. The summed E-state index contributed by atoms with van der Waals surface area (Å²) in [6.45, 7) is 8.44. The number of carboxylic acids is 1. The summed E-state index contributed by atoms with van der Waals surface area (Å²) in [4.78, 5) is 17.2. The summed E-state index contributed by atoms with van der Waals surface area (Å²) in [5.41, 5.74) is 3.88. The Kier molecular flexibility index (Phi) is 5.64. The van der Waals surface area contributed by atoms with Gasteiger partial charge in [0.05, 0.1) is 5.56 Å². The van der Waals surface area contributed by atoms with Crippen LogP contribution >= 0.6 is 23.1 Å². The number of hydrogen-bond acceptors (Lipinski definition) is 5. The van der Waals surface area contributed by atoms with Gasteiger partial charge in [-0.15, -0.1) is 11.3 Å². The molecule has 142 valence electrons. The molecule has 0 aromatic carbocycles. The number of nitriles is 1. The normalized spacial score (nSPS) is 17.8. The van der Waals surface area contributed by atoms with E-state index in [1.807, 2.05) is 17.5 Å². The highest BCUT2D eigenvalue weighted by atomic mass is 32.2. The van der Waals surface area contributed by atoms with Gasteiger partial charge >= 0.3 is 5.97 Å². The van der Waals surface area contributed by atoms with Crippen LogP contribution in [0.2, 0.25) is 0 Å². The molecule has 0 aliphatic heterocycles. The van der Waals surface area contributed by atoms with E-state index in [4.69, 9.17) is 4.98 Å². The Bertz CT molecular complexity index is 892. The fourth-order valence-corrected chi connectivity index (χ4v) is 5.24. The maximum absolute atomic E-state index is 11.3. The molecule has 0 saturated heterocycles. The molecule has 2 atom stereocenters. The first-order chi connectivity index (χ1) is 12.7. The average Bonchev–Trinajstić information content (AvgIpc) is 3.13. The maximum Gasteiger partial charge on any atom is 0.316 e. The van der Waals surface area contributed by atoms with Crippen molar-refractivity contribution >= 4 is 29.1 Å². The van der Waals surface area contributed by atoms with Crippen LogP contribution < -0.4 is 0 Å². The molecule has 1 aliphatic carbocycles. The fraction of sp³-hybridized carbons (Fsp3) is 0.476. The zero-order valence-corrected chi connectivity index (χ0v) is 17.7. The van der Waals surface area contributed by atoms with Crippen molar-refractivity contribution < 1.29 is 9.90 Å². The molecule has 0 amide bonds. The smallest absolute Gasteiger partial charge is 0.316 e. The Hall–Kier alpha value is -1.84. The van der Waals surface area contributed by atoms with Crippen LogP contribution in [-0.4, -0.2) is 21.3 Å². The standard InChI is InChI=1S/C21H24N2O2S2/c1-12(20(24)25)27-19-15(11-22)18(17-6-5-9-26-17)14-10-13(21(2,3)4)7-8-16(14)23-19/h5-6,9,12-13H,7-8,10H2,1-4H3,(H,24,25). The quantitative estimate of drug-likeness (QED) is 0.696. The molecule has 2 aromatic rings. The van der Waals surface area contributed by atoms with Crippen molar-refractivity contribution in [1.82, 2.24) is 4.98 Å². The first kappa shape index (κ1) is 19.9. The largest absolute Gasteiger partial charge is 0.480 e. The van der Waals surface area contributed by atoms with Crippen LogP contribution in [0.5, 0.6) is 0 Å². The molecule has 2 heterocycles. The van der Waals surface area contributed by atoms with E-state index >= 15 is 0 Å². The summed E-state index contributed by atoms with van der Waals surface area (Å²) in [7, 11) is 0. The summed E-state index contributed by atoms with van der Waals surface area (Å²) in [6, 6.07) is 6.36. The third-order valence-corrected chi connectivity index (χ3v) is 7.23. The molecule has 0 bridgehead atoms. The lowest BCUT2D eigenvalue weighted by Gasteiger charge is -2.35. The summed E-state index contributed by atoms with van der Waals surface area (Å²) in [5.74, 6) is -0.359. The molecule has 1 aliphatic rings. The molecule has 6 heteroatoms. The Morgan fingerprint density at radius 3 is 2.78 bits per heavy atom. The molecule has 0 spiro atoms. The lowest BCUT2D eigenvalue weighted by Crippen LogP contribution is -2.28. The van der Waals surface area contributed by atoms with Gasteiger partial charge in [0.15, 0.2) is 0 Å². The van der Waals surface area contributed by atoms with Crippen LogP contribution in [0.15, 0.2) is 22.5 Å². The number of aromatic nitrogens is 1. The lowest BCUT2D eigenvalue weighted by molar-refractivity contribution is -0.136. The summed E-state index contributed by atoms with van der Waals surface area (Å²) < 4.78 is 0. The molecule has 1 N–H and O–H groups in total. The fourth-order valence-electron chi connectivity index (χ4n) is 3.57. The van der Waals surface area contributed by atoms with E-state index in [1.165, 1.54) is 5.56 Å². The number of aryl methyl sites for hydroxylation is 1. The SMILES string of the molecule is CC(Sc1nc2c(c(-c3cccs3)c1C#N)CC(C(C)(C)C)CC2)C(=O)O. The van der Waals surface area contributed by atoms with E-state index in [1.54, 1.807) is 18.3 Å². The van der Waals surface area contributed by atoms with Crippen molar-refractivity contribution in [2.75, 3.05) is 0 Å². The highest BCUT2D eigenvalue weighted by Crippen LogP contribution is 2.44. The predicted molar refractivity (Wildman–Crippen MR) is 110 cm³/mol. The number of carboxylic acid groups (broad SMARTS) is 1.